The minimum atomic E-state index is -1.21. The van der Waals surface area contributed by atoms with Crippen LogP contribution in [0.2, 0.25) is 0 Å². The summed E-state index contributed by atoms with van der Waals surface area (Å²) in [6.07, 6.45) is 15.5. The summed E-state index contributed by atoms with van der Waals surface area (Å²) in [7, 11) is 0. The number of carboxylic acid groups (broad SMARTS) is 1. The summed E-state index contributed by atoms with van der Waals surface area (Å²) in [6.45, 7) is 6.81. The van der Waals surface area contributed by atoms with Gasteiger partial charge in [0.25, 0.3) is 6.29 Å². The number of aliphatic carboxylic acids is 1. The van der Waals surface area contributed by atoms with Crippen molar-refractivity contribution < 1.29 is 28.8 Å². The Bertz CT molecular complexity index is 337. The Balaban J connectivity index is 3.39. The van der Waals surface area contributed by atoms with Gasteiger partial charge in [-0.2, -0.15) is 0 Å². The molecule has 0 aliphatic heterocycles. The standard InChI is InChI=1S/C23H46O6/c1-3-5-6-7-8-9-10-11-12-13-14-15-16-17-28-23(22(24)25)29-21-20-27-19-18-26-4-2/h23H,3-21H2,1-2H3,(H,24,25). The van der Waals surface area contributed by atoms with Crippen LogP contribution in [-0.4, -0.2) is 57.0 Å². The molecule has 0 radical (unpaired) electrons. The fraction of sp³-hybridized carbons (Fsp3) is 0.957. The van der Waals surface area contributed by atoms with Gasteiger partial charge in [0.05, 0.1) is 33.0 Å². The van der Waals surface area contributed by atoms with Gasteiger partial charge in [0, 0.05) is 6.61 Å². The molecule has 0 spiro atoms. The topological polar surface area (TPSA) is 74.2 Å². The molecule has 0 aliphatic carbocycles. The smallest absolute Gasteiger partial charge is 0.361 e. The van der Waals surface area contributed by atoms with Crippen LogP contribution >= 0.6 is 0 Å². The van der Waals surface area contributed by atoms with Crippen molar-refractivity contribution in [3.63, 3.8) is 0 Å². The molecule has 6 nitrogen and oxygen atoms in total. The lowest BCUT2D eigenvalue weighted by Crippen LogP contribution is -2.29. The highest BCUT2D eigenvalue weighted by Gasteiger charge is 2.18. The fourth-order valence-electron chi connectivity index (χ4n) is 3.08. The highest BCUT2D eigenvalue weighted by molar-refractivity contribution is 5.70. The summed E-state index contributed by atoms with van der Waals surface area (Å²) in [5.74, 6) is -1.09. The van der Waals surface area contributed by atoms with E-state index in [2.05, 4.69) is 6.92 Å². The third kappa shape index (κ3) is 21.8. The molecule has 0 aromatic rings. The van der Waals surface area contributed by atoms with Crippen molar-refractivity contribution in [3.05, 3.63) is 0 Å². The normalized spacial score (nSPS) is 12.3. The van der Waals surface area contributed by atoms with Gasteiger partial charge in [-0.3, -0.25) is 0 Å². The van der Waals surface area contributed by atoms with E-state index in [1.54, 1.807) is 0 Å². The summed E-state index contributed by atoms with van der Waals surface area (Å²) >= 11 is 0. The van der Waals surface area contributed by atoms with Gasteiger partial charge >= 0.3 is 5.97 Å². The van der Waals surface area contributed by atoms with E-state index < -0.39 is 12.3 Å². The van der Waals surface area contributed by atoms with Gasteiger partial charge in [0.1, 0.15) is 0 Å². The second kappa shape index (κ2) is 23.6. The van der Waals surface area contributed by atoms with Crippen LogP contribution in [0.25, 0.3) is 0 Å². The minimum absolute atomic E-state index is 0.196. The zero-order valence-corrected chi connectivity index (χ0v) is 19.0. The summed E-state index contributed by atoms with van der Waals surface area (Å²) < 4.78 is 21.0. The van der Waals surface area contributed by atoms with Crippen LogP contribution in [0.1, 0.15) is 97.3 Å². The van der Waals surface area contributed by atoms with E-state index in [0.29, 0.717) is 33.0 Å². The van der Waals surface area contributed by atoms with Crippen molar-refractivity contribution in [1.82, 2.24) is 0 Å². The molecule has 0 amide bonds. The summed E-state index contributed by atoms with van der Waals surface area (Å²) in [5.41, 5.74) is 0. The van der Waals surface area contributed by atoms with Crippen molar-refractivity contribution in [2.24, 2.45) is 0 Å². The largest absolute Gasteiger partial charge is 0.477 e. The SMILES string of the molecule is CCCCCCCCCCCCCCCOC(OCCOCCOCC)C(=O)O. The molecule has 29 heavy (non-hydrogen) atoms. The minimum Gasteiger partial charge on any atom is -0.477 e. The van der Waals surface area contributed by atoms with Gasteiger partial charge in [-0.05, 0) is 13.3 Å². The van der Waals surface area contributed by atoms with E-state index >= 15 is 0 Å². The number of carboxylic acids is 1. The first kappa shape index (κ1) is 28.3. The van der Waals surface area contributed by atoms with E-state index in [4.69, 9.17) is 24.1 Å². The molecule has 1 atom stereocenters. The average molecular weight is 419 g/mol. The van der Waals surface area contributed by atoms with Crippen molar-refractivity contribution in [2.45, 2.75) is 104 Å². The molecule has 0 aromatic heterocycles. The Morgan fingerprint density at radius 1 is 0.621 bits per heavy atom. The van der Waals surface area contributed by atoms with Crippen LogP contribution in [0.15, 0.2) is 0 Å². The number of unbranched alkanes of at least 4 members (excludes halogenated alkanes) is 12. The van der Waals surface area contributed by atoms with Gasteiger partial charge in [-0.25, -0.2) is 4.79 Å². The third-order valence-corrected chi connectivity index (χ3v) is 4.79. The lowest BCUT2D eigenvalue weighted by atomic mass is 10.0. The zero-order chi connectivity index (χ0) is 21.4. The van der Waals surface area contributed by atoms with Gasteiger partial charge < -0.3 is 24.1 Å². The second-order valence-corrected chi connectivity index (χ2v) is 7.46. The molecule has 174 valence electrons. The molecular weight excluding hydrogens is 372 g/mol. The van der Waals surface area contributed by atoms with Gasteiger partial charge in [0.2, 0.25) is 0 Å². The van der Waals surface area contributed by atoms with E-state index in [9.17, 15) is 4.79 Å². The molecule has 0 heterocycles. The molecule has 0 rings (SSSR count). The number of carbonyl (C=O) groups is 1. The Morgan fingerprint density at radius 2 is 1.07 bits per heavy atom. The van der Waals surface area contributed by atoms with Crippen LogP contribution < -0.4 is 0 Å². The number of rotatable bonds is 24. The van der Waals surface area contributed by atoms with Crippen LogP contribution in [0, 0.1) is 0 Å². The maximum atomic E-state index is 11.2. The molecular formula is C23H46O6. The van der Waals surface area contributed by atoms with Gasteiger partial charge in [-0.15, -0.1) is 0 Å². The Hall–Kier alpha value is -0.690. The molecule has 0 fully saturated rings. The van der Waals surface area contributed by atoms with Crippen molar-refractivity contribution in [3.8, 4) is 0 Å². The molecule has 0 saturated heterocycles. The number of hydrogen-bond acceptors (Lipinski definition) is 5. The van der Waals surface area contributed by atoms with Crippen LogP contribution in [0.3, 0.4) is 0 Å². The predicted molar refractivity (Wildman–Crippen MR) is 116 cm³/mol. The summed E-state index contributed by atoms with van der Waals surface area (Å²) in [5, 5.41) is 9.14. The van der Waals surface area contributed by atoms with Crippen LogP contribution in [-0.2, 0) is 23.7 Å². The van der Waals surface area contributed by atoms with Crippen molar-refractivity contribution >= 4 is 5.97 Å². The van der Waals surface area contributed by atoms with Crippen molar-refractivity contribution in [2.75, 3.05) is 39.6 Å². The lowest BCUT2D eigenvalue weighted by Gasteiger charge is -2.14. The first-order valence-corrected chi connectivity index (χ1v) is 11.8. The van der Waals surface area contributed by atoms with Gasteiger partial charge in [0.15, 0.2) is 0 Å². The first-order valence-electron chi connectivity index (χ1n) is 11.8. The molecule has 0 aromatic carbocycles. The Morgan fingerprint density at radius 3 is 1.59 bits per heavy atom. The number of ether oxygens (including phenoxy) is 4. The quantitative estimate of drug-likeness (QED) is 0.163. The first-order chi connectivity index (χ1) is 14.2. The van der Waals surface area contributed by atoms with Crippen molar-refractivity contribution in [1.29, 1.82) is 0 Å². The Labute approximate surface area is 178 Å². The Kier molecular flexibility index (Phi) is 23.0. The maximum Gasteiger partial charge on any atom is 0.361 e. The highest BCUT2D eigenvalue weighted by Crippen LogP contribution is 2.12. The number of hydrogen-bond donors (Lipinski definition) is 1. The summed E-state index contributed by atoms with van der Waals surface area (Å²) in [6, 6.07) is 0. The highest BCUT2D eigenvalue weighted by atomic mass is 16.7. The molecule has 0 saturated carbocycles. The molecule has 1 unspecified atom stereocenters. The fourth-order valence-corrected chi connectivity index (χ4v) is 3.08. The van der Waals surface area contributed by atoms with Crippen LogP contribution in [0.5, 0.6) is 0 Å². The summed E-state index contributed by atoms with van der Waals surface area (Å²) in [4.78, 5) is 11.2. The monoisotopic (exact) mass is 418 g/mol. The second-order valence-electron chi connectivity index (χ2n) is 7.46. The zero-order valence-electron chi connectivity index (χ0n) is 19.0. The molecule has 0 bridgehead atoms. The van der Waals surface area contributed by atoms with E-state index in [-0.39, 0.29) is 6.61 Å². The van der Waals surface area contributed by atoms with E-state index in [1.807, 2.05) is 6.92 Å². The molecule has 0 aliphatic rings. The maximum absolute atomic E-state index is 11.2. The lowest BCUT2D eigenvalue weighted by molar-refractivity contribution is -0.192. The third-order valence-electron chi connectivity index (χ3n) is 4.79. The van der Waals surface area contributed by atoms with Crippen LogP contribution in [0.4, 0.5) is 0 Å². The average Bonchev–Trinajstić information content (AvgIpc) is 2.71. The van der Waals surface area contributed by atoms with E-state index in [0.717, 1.165) is 12.8 Å². The van der Waals surface area contributed by atoms with E-state index in [1.165, 1.54) is 70.6 Å². The predicted octanol–water partition coefficient (Wildman–Crippen LogP) is 5.57. The molecule has 6 heteroatoms. The molecule has 1 N–H and O–H groups in total. The van der Waals surface area contributed by atoms with Gasteiger partial charge in [-0.1, -0.05) is 84.0 Å².